The van der Waals surface area contributed by atoms with E-state index in [4.69, 9.17) is 0 Å². The Morgan fingerprint density at radius 2 is 2.06 bits per heavy atom. The number of hydrogen-bond acceptors (Lipinski definition) is 3. The second-order valence-corrected chi connectivity index (χ2v) is 6.50. The number of nitrogens with one attached hydrogen (secondary N) is 1. The maximum absolute atomic E-state index is 3.66. The summed E-state index contributed by atoms with van der Waals surface area (Å²) < 4.78 is 0. The second kappa shape index (κ2) is 6.48. The van der Waals surface area contributed by atoms with E-state index in [0.717, 1.165) is 12.5 Å². The molecule has 0 spiro atoms. The normalized spacial score (nSPS) is 20.9. The van der Waals surface area contributed by atoms with Crippen molar-refractivity contribution in [1.29, 1.82) is 0 Å². The largest absolute Gasteiger partial charge is 0.378 e. The molecule has 0 amide bonds. The molecule has 1 saturated heterocycles. The first-order valence-electron chi connectivity index (χ1n) is 6.75. The lowest BCUT2D eigenvalue weighted by Crippen LogP contribution is -2.25. The summed E-state index contributed by atoms with van der Waals surface area (Å²) in [5.74, 6) is 3.55. The minimum Gasteiger partial charge on any atom is -0.378 e. The molecule has 1 heterocycles. The molecule has 0 radical (unpaired) electrons. The van der Waals surface area contributed by atoms with Crippen molar-refractivity contribution in [3.8, 4) is 0 Å². The maximum Gasteiger partial charge on any atom is 0.0361 e. The molecule has 1 N–H and O–H groups in total. The minimum absolute atomic E-state index is 0.451. The van der Waals surface area contributed by atoms with Crippen molar-refractivity contribution >= 4 is 17.4 Å². The van der Waals surface area contributed by atoms with Gasteiger partial charge in [-0.15, -0.1) is 0 Å². The molecular formula is C15H24N2S. The molecule has 1 fully saturated rings. The highest BCUT2D eigenvalue weighted by atomic mass is 32.2. The Morgan fingerprint density at radius 1 is 1.33 bits per heavy atom. The summed E-state index contributed by atoms with van der Waals surface area (Å²) in [5, 5.41) is 3.66. The summed E-state index contributed by atoms with van der Waals surface area (Å²) in [4.78, 5) is 2.14. The van der Waals surface area contributed by atoms with Gasteiger partial charge in [-0.05, 0) is 55.0 Å². The summed E-state index contributed by atoms with van der Waals surface area (Å²) in [5.41, 5.74) is 2.64. The quantitative estimate of drug-likeness (QED) is 0.879. The van der Waals surface area contributed by atoms with E-state index in [1.54, 1.807) is 0 Å². The van der Waals surface area contributed by atoms with E-state index in [9.17, 15) is 0 Å². The average Bonchev–Trinajstić information content (AvgIpc) is 2.89. The van der Waals surface area contributed by atoms with Crippen LogP contribution in [0.5, 0.6) is 0 Å². The van der Waals surface area contributed by atoms with Gasteiger partial charge in [-0.2, -0.15) is 11.8 Å². The van der Waals surface area contributed by atoms with Crippen LogP contribution in [0.15, 0.2) is 24.3 Å². The Bertz CT molecular complexity index is 355. The minimum atomic E-state index is 0.451. The first kappa shape index (κ1) is 13.8. The third-order valence-corrected chi connectivity index (χ3v) is 4.88. The highest BCUT2D eigenvalue weighted by molar-refractivity contribution is 7.99. The molecule has 1 aromatic rings. The molecule has 3 heteroatoms. The van der Waals surface area contributed by atoms with Gasteiger partial charge in [0.2, 0.25) is 0 Å². The van der Waals surface area contributed by atoms with Gasteiger partial charge in [0, 0.05) is 25.8 Å². The van der Waals surface area contributed by atoms with Crippen molar-refractivity contribution < 1.29 is 0 Å². The monoisotopic (exact) mass is 264 g/mol. The highest BCUT2D eigenvalue weighted by Gasteiger charge is 2.16. The molecule has 1 aliphatic heterocycles. The maximum atomic E-state index is 3.66. The lowest BCUT2D eigenvalue weighted by Gasteiger charge is -2.18. The Kier molecular flexibility index (Phi) is 4.95. The fourth-order valence-electron chi connectivity index (χ4n) is 2.27. The predicted molar refractivity (Wildman–Crippen MR) is 82.6 cm³/mol. The van der Waals surface area contributed by atoms with Crippen LogP contribution in [0, 0.1) is 5.92 Å². The summed E-state index contributed by atoms with van der Waals surface area (Å²) >= 11 is 2.09. The van der Waals surface area contributed by atoms with Gasteiger partial charge in [0.1, 0.15) is 0 Å². The number of thioether (sulfide) groups is 1. The fourth-order valence-corrected chi connectivity index (χ4v) is 3.55. The van der Waals surface area contributed by atoms with E-state index >= 15 is 0 Å². The highest BCUT2D eigenvalue weighted by Crippen LogP contribution is 2.24. The van der Waals surface area contributed by atoms with E-state index in [-0.39, 0.29) is 0 Å². The van der Waals surface area contributed by atoms with Crippen LogP contribution in [0.4, 0.5) is 5.69 Å². The van der Waals surface area contributed by atoms with Crippen molar-refractivity contribution in [2.24, 2.45) is 5.92 Å². The molecule has 2 atom stereocenters. The van der Waals surface area contributed by atoms with Crippen LogP contribution in [0.1, 0.15) is 24.9 Å². The van der Waals surface area contributed by atoms with Gasteiger partial charge in [-0.1, -0.05) is 12.1 Å². The summed E-state index contributed by atoms with van der Waals surface area (Å²) in [6.45, 7) is 3.41. The van der Waals surface area contributed by atoms with Gasteiger partial charge in [0.05, 0.1) is 0 Å². The molecule has 1 aromatic carbocycles. The molecule has 100 valence electrons. The van der Waals surface area contributed by atoms with Crippen molar-refractivity contribution in [3.63, 3.8) is 0 Å². The van der Waals surface area contributed by atoms with Crippen LogP contribution in [0.25, 0.3) is 0 Å². The summed E-state index contributed by atoms with van der Waals surface area (Å²) in [6, 6.07) is 9.30. The van der Waals surface area contributed by atoms with Crippen molar-refractivity contribution in [2.75, 3.05) is 37.0 Å². The van der Waals surface area contributed by atoms with Crippen LogP contribution in [-0.2, 0) is 0 Å². The second-order valence-electron chi connectivity index (χ2n) is 5.35. The van der Waals surface area contributed by atoms with Gasteiger partial charge in [0.25, 0.3) is 0 Å². The zero-order chi connectivity index (χ0) is 13.0. The van der Waals surface area contributed by atoms with Crippen molar-refractivity contribution in [2.45, 2.75) is 19.4 Å². The number of hydrogen-bond donors (Lipinski definition) is 1. The smallest absolute Gasteiger partial charge is 0.0361 e. The van der Waals surface area contributed by atoms with E-state index in [1.165, 1.54) is 29.2 Å². The molecule has 2 nitrogen and oxygen atoms in total. The van der Waals surface area contributed by atoms with Gasteiger partial charge >= 0.3 is 0 Å². The SMILES string of the molecule is CC(NCC1CCSC1)c1ccc(N(C)C)cc1. The predicted octanol–water partition coefficient (Wildman–Crippen LogP) is 3.16. The molecule has 1 aliphatic rings. The standard InChI is InChI=1S/C15H24N2S/c1-12(16-10-13-8-9-18-11-13)14-4-6-15(7-5-14)17(2)3/h4-7,12-13,16H,8-11H2,1-3H3. The third-order valence-electron chi connectivity index (χ3n) is 3.65. The summed E-state index contributed by atoms with van der Waals surface area (Å²) in [6.07, 6.45) is 1.38. The summed E-state index contributed by atoms with van der Waals surface area (Å²) in [7, 11) is 4.16. The van der Waals surface area contributed by atoms with Crippen LogP contribution < -0.4 is 10.2 Å². The number of rotatable bonds is 5. The van der Waals surface area contributed by atoms with Crippen molar-refractivity contribution in [3.05, 3.63) is 29.8 Å². The molecule has 2 unspecified atom stereocenters. The zero-order valence-corrected chi connectivity index (χ0v) is 12.5. The number of nitrogens with zero attached hydrogens (tertiary/aromatic N) is 1. The van der Waals surface area contributed by atoms with Gasteiger partial charge in [0.15, 0.2) is 0 Å². The van der Waals surface area contributed by atoms with E-state index < -0.39 is 0 Å². The Morgan fingerprint density at radius 3 is 2.61 bits per heavy atom. The molecule has 0 aromatic heterocycles. The first-order chi connectivity index (χ1) is 8.66. The van der Waals surface area contributed by atoms with Crippen LogP contribution >= 0.6 is 11.8 Å². The lowest BCUT2D eigenvalue weighted by atomic mass is 10.1. The van der Waals surface area contributed by atoms with Gasteiger partial charge in [-0.3, -0.25) is 0 Å². The van der Waals surface area contributed by atoms with E-state index in [2.05, 4.69) is 67.3 Å². The molecule has 0 aliphatic carbocycles. The van der Waals surface area contributed by atoms with Crippen LogP contribution in [-0.4, -0.2) is 32.1 Å². The van der Waals surface area contributed by atoms with Gasteiger partial charge < -0.3 is 10.2 Å². The average molecular weight is 264 g/mol. The Balaban J connectivity index is 1.85. The zero-order valence-electron chi connectivity index (χ0n) is 11.6. The number of anilines is 1. The molecule has 0 saturated carbocycles. The fraction of sp³-hybridized carbons (Fsp3) is 0.600. The molecule has 18 heavy (non-hydrogen) atoms. The topological polar surface area (TPSA) is 15.3 Å². The first-order valence-corrected chi connectivity index (χ1v) is 7.90. The molecule has 2 rings (SSSR count). The molecular weight excluding hydrogens is 240 g/mol. The van der Waals surface area contributed by atoms with Crippen LogP contribution in [0.3, 0.4) is 0 Å². The van der Waals surface area contributed by atoms with E-state index in [1.807, 2.05) is 0 Å². The lowest BCUT2D eigenvalue weighted by molar-refractivity contribution is 0.477. The number of benzene rings is 1. The van der Waals surface area contributed by atoms with Crippen LogP contribution in [0.2, 0.25) is 0 Å². The van der Waals surface area contributed by atoms with Crippen molar-refractivity contribution in [1.82, 2.24) is 5.32 Å². The Labute approximate surface area is 115 Å². The van der Waals surface area contributed by atoms with E-state index in [0.29, 0.717) is 6.04 Å². The van der Waals surface area contributed by atoms with Gasteiger partial charge in [-0.25, -0.2) is 0 Å². The Hall–Kier alpha value is -0.670. The molecule has 0 bridgehead atoms. The third kappa shape index (κ3) is 3.66.